The first kappa shape index (κ1) is 12.6. The van der Waals surface area contributed by atoms with Crippen LogP contribution in [0.2, 0.25) is 0 Å². The number of rotatable bonds is 3. The third-order valence-corrected chi connectivity index (χ3v) is 3.02. The zero-order valence-corrected chi connectivity index (χ0v) is 11.1. The van der Waals surface area contributed by atoms with Gasteiger partial charge in [-0.2, -0.15) is 0 Å². The van der Waals surface area contributed by atoms with Crippen molar-refractivity contribution < 1.29 is 0 Å². The lowest BCUT2D eigenvalue weighted by Gasteiger charge is -2.21. The third kappa shape index (κ3) is 2.51. The van der Waals surface area contributed by atoms with Gasteiger partial charge in [0.05, 0.1) is 0 Å². The van der Waals surface area contributed by atoms with Gasteiger partial charge in [-0.1, -0.05) is 18.2 Å². The average molecular weight is 241 g/mol. The Morgan fingerprint density at radius 1 is 1.17 bits per heavy atom. The maximum absolute atomic E-state index is 5.78. The maximum Gasteiger partial charge on any atom is 0.137 e. The van der Waals surface area contributed by atoms with E-state index in [2.05, 4.69) is 41.1 Å². The molecule has 2 N–H and O–H groups in total. The summed E-state index contributed by atoms with van der Waals surface area (Å²) >= 11 is 0. The van der Waals surface area contributed by atoms with Crippen molar-refractivity contribution in [2.45, 2.75) is 20.4 Å². The van der Waals surface area contributed by atoms with E-state index in [4.69, 9.17) is 5.73 Å². The van der Waals surface area contributed by atoms with Crippen molar-refractivity contribution in [3.8, 4) is 0 Å². The normalized spacial score (nSPS) is 10.4. The Kier molecular flexibility index (Phi) is 3.63. The van der Waals surface area contributed by atoms with E-state index in [1.165, 1.54) is 5.56 Å². The number of aromatic nitrogens is 1. The molecule has 0 fully saturated rings. The van der Waals surface area contributed by atoms with Crippen LogP contribution in [0.25, 0.3) is 0 Å². The monoisotopic (exact) mass is 241 g/mol. The van der Waals surface area contributed by atoms with Crippen LogP contribution in [0.5, 0.6) is 0 Å². The molecule has 0 aliphatic heterocycles. The molecule has 1 aromatic carbocycles. The van der Waals surface area contributed by atoms with Crippen molar-refractivity contribution in [1.29, 1.82) is 0 Å². The highest BCUT2D eigenvalue weighted by Crippen LogP contribution is 2.25. The maximum atomic E-state index is 5.78. The van der Waals surface area contributed by atoms with Crippen LogP contribution in [0.3, 0.4) is 0 Å². The molecule has 0 bridgehead atoms. The Hall–Kier alpha value is -1.87. The summed E-state index contributed by atoms with van der Waals surface area (Å²) in [5, 5.41) is 0. The molecule has 2 aromatic rings. The van der Waals surface area contributed by atoms with E-state index in [1.54, 1.807) is 0 Å². The summed E-state index contributed by atoms with van der Waals surface area (Å²) < 4.78 is 0. The summed E-state index contributed by atoms with van der Waals surface area (Å²) in [6, 6.07) is 12.4. The Labute approximate surface area is 108 Å². The second-order valence-corrected chi connectivity index (χ2v) is 4.54. The fourth-order valence-corrected chi connectivity index (χ4v) is 1.98. The topological polar surface area (TPSA) is 42.2 Å². The molecular weight excluding hydrogens is 222 g/mol. The molecule has 2 rings (SSSR count). The lowest BCUT2D eigenvalue weighted by atomic mass is 10.2. The van der Waals surface area contributed by atoms with Crippen LogP contribution in [0.1, 0.15) is 16.8 Å². The quantitative estimate of drug-likeness (QED) is 0.898. The van der Waals surface area contributed by atoms with Crippen molar-refractivity contribution >= 4 is 11.5 Å². The van der Waals surface area contributed by atoms with Gasteiger partial charge >= 0.3 is 0 Å². The molecule has 0 radical (unpaired) electrons. The standard InChI is InChI=1S/C15H19N3/c1-11-5-4-6-14(9-11)18(3)15-13(10-16)8-7-12(2)17-15/h4-9H,10,16H2,1-3H3. The van der Waals surface area contributed by atoms with Gasteiger partial charge in [-0.3, -0.25) is 0 Å². The Morgan fingerprint density at radius 2 is 1.94 bits per heavy atom. The SMILES string of the molecule is Cc1cccc(N(C)c2nc(C)ccc2CN)c1. The van der Waals surface area contributed by atoms with Gasteiger partial charge in [-0.25, -0.2) is 4.98 Å². The average Bonchev–Trinajstić information content (AvgIpc) is 2.38. The zero-order chi connectivity index (χ0) is 13.1. The van der Waals surface area contributed by atoms with Gasteiger partial charge in [0.15, 0.2) is 0 Å². The minimum Gasteiger partial charge on any atom is -0.329 e. The van der Waals surface area contributed by atoms with E-state index >= 15 is 0 Å². The molecule has 94 valence electrons. The highest BCUT2D eigenvalue weighted by atomic mass is 15.2. The van der Waals surface area contributed by atoms with Gasteiger partial charge < -0.3 is 10.6 Å². The van der Waals surface area contributed by atoms with Crippen molar-refractivity contribution in [2.24, 2.45) is 5.73 Å². The molecule has 0 amide bonds. The van der Waals surface area contributed by atoms with E-state index in [0.717, 1.165) is 22.8 Å². The van der Waals surface area contributed by atoms with E-state index in [9.17, 15) is 0 Å². The Morgan fingerprint density at radius 3 is 2.61 bits per heavy atom. The molecule has 3 nitrogen and oxygen atoms in total. The van der Waals surface area contributed by atoms with Crippen LogP contribution < -0.4 is 10.6 Å². The Bertz CT molecular complexity index is 549. The molecule has 0 spiro atoms. The van der Waals surface area contributed by atoms with Crippen LogP contribution in [0.15, 0.2) is 36.4 Å². The van der Waals surface area contributed by atoms with Crippen LogP contribution in [-0.4, -0.2) is 12.0 Å². The lowest BCUT2D eigenvalue weighted by molar-refractivity contribution is 0.994. The fourth-order valence-electron chi connectivity index (χ4n) is 1.98. The van der Waals surface area contributed by atoms with Gasteiger partial charge in [0.1, 0.15) is 5.82 Å². The molecule has 0 unspecified atom stereocenters. The van der Waals surface area contributed by atoms with E-state index < -0.39 is 0 Å². The van der Waals surface area contributed by atoms with E-state index in [0.29, 0.717) is 6.54 Å². The van der Waals surface area contributed by atoms with Gasteiger partial charge in [-0.05, 0) is 37.6 Å². The molecule has 0 aliphatic carbocycles. The molecule has 0 saturated carbocycles. The number of nitrogens with two attached hydrogens (primary N) is 1. The summed E-state index contributed by atoms with van der Waals surface area (Å²) in [5.41, 5.74) is 10.2. The summed E-state index contributed by atoms with van der Waals surface area (Å²) in [6.07, 6.45) is 0. The Balaban J connectivity index is 2.44. The molecule has 0 atom stereocenters. The summed E-state index contributed by atoms with van der Waals surface area (Å²) in [7, 11) is 2.02. The molecule has 1 aromatic heterocycles. The number of benzene rings is 1. The number of anilines is 2. The van der Waals surface area contributed by atoms with Crippen LogP contribution in [0, 0.1) is 13.8 Å². The molecule has 0 aliphatic rings. The number of nitrogens with zero attached hydrogens (tertiary/aromatic N) is 2. The minimum absolute atomic E-state index is 0.499. The first-order chi connectivity index (χ1) is 8.61. The van der Waals surface area contributed by atoms with Crippen molar-refractivity contribution in [3.05, 3.63) is 53.2 Å². The van der Waals surface area contributed by atoms with Crippen molar-refractivity contribution in [3.63, 3.8) is 0 Å². The smallest absolute Gasteiger partial charge is 0.137 e. The second-order valence-electron chi connectivity index (χ2n) is 4.54. The van der Waals surface area contributed by atoms with Crippen molar-refractivity contribution in [2.75, 3.05) is 11.9 Å². The van der Waals surface area contributed by atoms with Gasteiger partial charge in [0.2, 0.25) is 0 Å². The number of hydrogen-bond donors (Lipinski definition) is 1. The van der Waals surface area contributed by atoms with Crippen LogP contribution in [-0.2, 0) is 6.54 Å². The summed E-state index contributed by atoms with van der Waals surface area (Å²) in [4.78, 5) is 6.68. The largest absolute Gasteiger partial charge is 0.329 e. The molecule has 0 saturated heterocycles. The first-order valence-corrected chi connectivity index (χ1v) is 6.09. The molecule has 3 heteroatoms. The first-order valence-electron chi connectivity index (χ1n) is 6.09. The third-order valence-electron chi connectivity index (χ3n) is 3.02. The molecule has 1 heterocycles. The number of aryl methyl sites for hydroxylation is 2. The van der Waals surface area contributed by atoms with Gasteiger partial charge in [0.25, 0.3) is 0 Å². The summed E-state index contributed by atoms with van der Waals surface area (Å²) in [6.45, 7) is 4.58. The van der Waals surface area contributed by atoms with Crippen LogP contribution >= 0.6 is 0 Å². The number of pyridine rings is 1. The van der Waals surface area contributed by atoms with Gasteiger partial charge in [0, 0.05) is 30.5 Å². The van der Waals surface area contributed by atoms with E-state index in [-0.39, 0.29) is 0 Å². The molecule has 18 heavy (non-hydrogen) atoms. The predicted molar refractivity (Wildman–Crippen MR) is 76.1 cm³/mol. The van der Waals surface area contributed by atoms with Crippen molar-refractivity contribution in [1.82, 2.24) is 4.98 Å². The summed E-state index contributed by atoms with van der Waals surface area (Å²) in [5.74, 6) is 0.933. The predicted octanol–water partition coefficient (Wildman–Crippen LogP) is 2.93. The van der Waals surface area contributed by atoms with Gasteiger partial charge in [-0.15, -0.1) is 0 Å². The second kappa shape index (κ2) is 5.19. The zero-order valence-electron chi connectivity index (χ0n) is 11.1. The highest BCUT2D eigenvalue weighted by molar-refractivity contribution is 5.62. The molecular formula is C15H19N3. The highest BCUT2D eigenvalue weighted by Gasteiger charge is 2.10. The lowest BCUT2D eigenvalue weighted by Crippen LogP contribution is -2.15. The minimum atomic E-state index is 0.499. The fraction of sp³-hybridized carbons (Fsp3) is 0.267. The number of hydrogen-bond acceptors (Lipinski definition) is 3. The van der Waals surface area contributed by atoms with Crippen LogP contribution in [0.4, 0.5) is 11.5 Å². The van der Waals surface area contributed by atoms with E-state index in [1.807, 2.05) is 26.1 Å².